The van der Waals surface area contributed by atoms with Crippen molar-refractivity contribution >= 4 is 10.9 Å². The molecule has 14 heavy (non-hydrogen) atoms. The lowest BCUT2D eigenvalue weighted by Gasteiger charge is -2.04. The highest BCUT2D eigenvalue weighted by molar-refractivity contribution is 5.84. The van der Waals surface area contributed by atoms with Gasteiger partial charge in [0.1, 0.15) is 0 Å². The Balaban J connectivity index is 2.66. The van der Waals surface area contributed by atoms with Gasteiger partial charge >= 0.3 is 0 Å². The first-order valence-corrected chi connectivity index (χ1v) is 4.66. The highest BCUT2D eigenvalue weighted by Crippen LogP contribution is 2.24. The molecule has 3 N–H and O–H groups in total. The summed E-state index contributed by atoms with van der Waals surface area (Å²) in [4.78, 5) is 0. The van der Waals surface area contributed by atoms with E-state index in [4.69, 9.17) is 5.73 Å². The SMILES string of the molecule is Cn1cc([C@H](O)CN)c2ccccc21. The summed E-state index contributed by atoms with van der Waals surface area (Å²) in [6.45, 7) is 0.258. The number of aryl methyl sites for hydroxylation is 1. The molecule has 0 bridgehead atoms. The summed E-state index contributed by atoms with van der Waals surface area (Å²) in [5.74, 6) is 0. The van der Waals surface area contributed by atoms with Crippen LogP contribution in [0.15, 0.2) is 30.5 Å². The van der Waals surface area contributed by atoms with E-state index in [0.29, 0.717) is 0 Å². The van der Waals surface area contributed by atoms with Crippen LogP contribution in [-0.2, 0) is 7.05 Å². The second-order valence-corrected chi connectivity index (χ2v) is 3.46. The molecule has 1 heterocycles. The van der Waals surface area contributed by atoms with Crippen LogP contribution in [0, 0.1) is 0 Å². The van der Waals surface area contributed by atoms with Crippen LogP contribution in [0.25, 0.3) is 10.9 Å². The largest absolute Gasteiger partial charge is 0.387 e. The van der Waals surface area contributed by atoms with E-state index in [1.807, 2.05) is 42.1 Å². The first kappa shape index (κ1) is 9.24. The maximum atomic E-state index is 9.70. The van der Waals surface area contributed by atoms with Gasteiger partial charge in [-0.2, -0.15) is 0 Å². The van der Waals surface area contributed by atoms with Gasteiger partial charge < -0.3 is 15.4 Å². The lowest BCUT2D eigenvalue weighted by Crippen LogP contribution is -2.10. The van der Waals surface area contributed by atoms with Crippen molar-refractivity contribution in [1.82, 2.24) is 4.57 Å². The Kier molecular flexibility index (Phi) is 2.27. The van der Waals surface area contributed by atoms with Crippen LogP contribution in [0.5, 0.6) is 0 Å². The summed E-state index contributed by atoms with van der Waals surface area (Å²) in [7, 11) is 1.97. The van der Waals surface area contributed by atoms with E-state index in [2.05, 4.69) is 0 Å². The fourth-order valence-corrected chi connectivity index (χ4v) is 1.77. The third-order valence-corrected chi connectivity index (χ3v) is 2.51. The predicted octanol–water partition coefficient (Wildman–Crippen LogP) is 1.17. The Morgan fingerprint density at radius 2 is 2.14 bits per heavy atom. The van der Waals surface area contributed by atoms with Crippen molar-refractivity contribution in [3.63, 3.8) is 0 Å². The fraction of sp³-hybridized carbons (Fsp3) is 0.273. The van der Waals surface area contributed by atoms with Gasteiger partial charge in [-0.05, 0) is 6.07 Å². The number of nitrogens with zero attached hydrogens (tertiary/aromatic N) is 1. The van der Waals surface area contributed by atoms with Crippen LogP contribution >= 0.6 is 0 Å². The molecule has 0 aliphatic rings. The van der Waals surface area contributed by atoms with Gasteiger partial charge in [-0.25, -0.2) is 0 Å². The third-order valence-electron chi connectivity index (χ3n) is 2.51. The Hall–Kier alpha value is -1.32. The molecule has 0 unspecified atom stereocenters. The fourth-order valence-electron chi connectivity index (χ4n) is 1.77. The van der Waals surface area contributed by atoms with Gasteiger partial charge in [0.05, 0.1) is 6.10 Å². The molecule has 2 aromatic rings. The van der Waals surface area contributed by atoms with E-state index in [1.165, 1.54) is 0 Å². The summed E-state index contributed by atoms with van der Waals surface area (Å²) in [5.41, 5.74) is 7.47. The summed E-state index contributed by atoms with van der Waals surface area (Å²) in [5, 5.41) is 10.8. The minimum absolute atomic E-state index is 0.258. The van der Waals surface area contributed by atoms with Gasteiger partial charge in [0, 0.05) is 36.3 Å². The molecule has 0 spiro atoms. The zero-order chi connectivity index (χ0) is 10.1. The molecule has 0 radical (unpaired) electrons. The van der Waals surface area contributed by atoms with E-state index < -0.39 is 6.10 Å². The van der Waals surface area contributed by atoms with Crippen LogP contribution in [0.2, 0.25) is 0 Å². The molecular weight excluding hydrogens is 176 g/mol. The maximum Gasteiger partial charge on any atom is 0.0932 e. The average molecular weight is 190 g/mol. The van der Waals surface area contributed by atoms with Crippen molar-refractivity contribution in [1.29, 1.82) is 0 Å². The van der Waals surface area contributed by atoms with Gasteiger partial charge in [-0.1, -0.05) is 18.2 Å². The molecule has 1 aromatic heterocycles. The number of nitrogens with two attached hydrogens (primary N) is 1. The van der Waals surface area contributed by atoms with Crippen molar-refractivity contribution in [2.24, 2.45) is 12.8 Å². The number of hydrogen-bond acceptors (Lipinski definition) is 2. The van der Waals surface area contributed by atoms with Crippen molar-refractivity contribution in [3.8, 4) is 0 Å². The van der Waals surface area contributed by atoms with E-state index in [9.17, 15) is 5.11 Å². The smallest absolute Gasteiger partial charge is 0.0932 e. The quantitative estimate of drug-likeness (QED) is 0.747. The molecule has 0 aliphatic heterocycles. The number of hydrogen-bond donors (Lipinski definition) is 2. The van der Waals surface area contributed by atoms with E-state index >= 15 is 0 Å². The Morgan fingerprint density at radius 3 is 2.86 bits per heavy atom. The molecule has 0 saturated carbocycles. The molecule has 0 fully saturated rings. The number of fused-ring (bicyclic) bond motifs is 1. The number of rotatable bonds is 2. The van der Waals surface area contributed by atoms with Crippen LogP contribution in [0.3, 0.4) is 0 Å². The third kappa shape index (κ3) is 1.31. The second-order valence-electron chi connectivity index (χ2n) is 3.46. The highest BCUT2D eigenvalue weighted by Gasteiger charge is 2.12. The number of para-hydroxylation sites is 1. The first-order valence-electron chi connectivity index (χ1n) is 4.66. The van der Waals surface area contributed by atoms with E-state index in [0.717, 1.165) is 16.5 Å². The molecule has 3 heteroatoms. The summed E-state index contributed by atoms with van der Waals surface area (Å²) >= 11 is 0. The zero-order valence-electron chi connectivity index (χ0n) is 8.14. The van der Waals surface area contributed by atoms with Crippen LogP contribution in [-0.4, -0.2) is 16.2 Å². The van der Waals surface area contributed by atoms with Gasteiger partial charge in [-0.15, -0.1) is 0 Å². The topological polar surface area (TPSA) is 51.2 Å². The molecule has 0 saturated heterocycles. The van der Waals surface area contributed by atoms with Crippen LogP contribution in [0.4, 0.5) is 0 Å². The lowest BCUT2D eigenvalue weighted by molar-refractivity contribution is 0.188. The van der Waals surface area contributed by atoms with Crippen molar-refractivity contribution in [2.75, 3.05) is 6.54 Å². The van der Waals surface area contributed by atoms with Crippen molar-refractivity contribution < 1.29 is 5.11 Å². The molecule has 0 amide bonds. The summed E-state index contributed by atoms with van der Waals surface area (Å²) < 4.78 is 2.00. The minimum atomic E-state index is -0.568. The summed E-state index contributed by atoms with van der Waals surface area (Å²) in [6, 6.07) is 7.99. The molecular formula is C11H14N2O. The highest BCUT2D eigenvalue weighted by atomic mass is 16.3. The number of benzene rings is 1. The second kappa shape index (κ2) is 3.44. The Bertz CT molecular complexity index is 447. The number of aromatic nitrogens is 1. The van der Waals surface area contributed by atoms with Crippen molar-refractivity contribution in [2.45, 2.75) is 6.10 Å². The molecule has 2 rings (SSSR count). The van der Waals surface area contributed by atoms with E-state index in [-0.39, 0.29) is 6.54 Å². The normalized spacial score (nSPS) is 13.4. The monoisotopic (exact) mass is 190 g/mol. The van der Waals surface area contributed by atoms with Crippen LogP contribution < -0.4 is 5.73 Å². The standard InChI is InChI=1S/C11H14N2O/c1-13-7-9(11(14)6-12)8-4-2-3-5-10(8)13/h2-5,7,11,14H,6,12H2,1H3/t11-/m1/s1. The van der Waals surface area contributed by atoms with Gasteiger partial charge in [0.15, 0.2) is 0 Å². The zero-order valence-corrected chi connectivity index (χ0v) is 8.14. The molecule has 74 valence electrons. The predicted molar refractivity (Wildman–Crippen MR) is 56.9 cm³/mol. The molecule has 0 aliphatic carbocycles. The molecule has 3 nitrogen and oxygen atoms in total. The molecule has 1 atom stereocenters. The molecule has 1 aromatic carbocycles. The van der Waals surface area contributed by atoms with Gasteiger partial charge in [-0.3, -0.25) is 0 Å². The maximum absolute atomic E-state index is 9.70. The lowest BCUT2D eigenvalue weighted by atomic mass is 10.1. The minimum Gasteiger partial charge on any atom is -0.387 e. The first-order chi connectivity index (χ1) is 6.74. The van der Waals surface area contributed by atoms with Gasteiger partial charge in [0.2, 0.25) is 0 Å². The Morgan fingerprint density at radius 1 is 1.43 bits per heavy atom. The van der Waals surface area contributed by atoms with Crippen molar-refractivity contribution in [3.05, 3.63) is 36.0 Å². The summed E-state index contributed by atoms with van der Waals surface area (Å²) in [6.07, 6.45) is 1.36. The Labute approximate surface area is 82.8 Å². The van der Waals surface area contributed by atoms with E-state index in [1.54, 1.807) is 0 Å². The average Bonchev–Trinajstić information content (AvgIpc) is 2.56. The van der Waals surface area contributed by atoms with Gasteiger partial charge in [0.25, 0.3) is 0 Å². The number of aliphatic hydroxyl groups excluding tert-OH is 1. The number of aliphatic hydroxyl groups is 1. The van der Waals surface area contributed by atoms with Crippen LogP contribution in [0.1, 0.15) is 11.7 Å².